The van der Waals surface area contributed by atoms with Crippen molar-refractivity contribution in [3.8, 4) is 5.75 Å². The topological polar surface area (TPSA) is 62.3 Å². The van der Waals surface area contributed by atoms with Crippen molar-refractivity contribution in [2.75, 3.05) is 20.2 Å². The molecule has 17 heavy (non-hydrogen) atoms. The molecule has 0 fully saturated rings. The summed E-state index contributed by atoms with van der Waals surface area (Å²) in [5.74, 6) is 0.698. The number of nitrogens with two attached hydrogens (primary N) is 1. The number of ether oxygens (including phenoxy) is 1. The van der Waals surface area contributed by atoms with Crippen LogP contribution in [-0.2, 0) is 6.54 Å². The van der Waals surface area contributed by atoms with E-state index in [1.54, 1.807) is 7.11 Å². The van der Waals surface area contributed by atoms with Crippen LogP contribution in [0.5, 0.6) is 5.75 Å². The second-order valence-electron chi connectivity index (χ2n) is 3.91. The molecular weight excluding hydrogens is 214 g/mol. The molecule has 3 N–H and O–H groups in total. The summed E-state index contributed by atoms with van der Waals surface area (Å²) in [5, 5.41) is 7.53. The number of hydrogen-bond donors (Lipinski definition) is 2. The monoisotopic (exact) mass is 235 g/mol. The van der Waals surface area contributed by atoms with Crippen molar-refractivity contribution in [3.63, 3.8) is 0 Å². The minimum atomic E-state index is 0.0447. The third kappa shape index (κ3) is 3.46. The molecule has 0 unspecified atom stereocenters. The lowest BCUT2D eigenvalue weighted by Crippen LogP contribution is -2.22. The Bertz CT molecular complexity index is 386. The molecule has 0 heterocycles. The molecule has 1 rings (SSSR count). The smallest absolute Gasteiger partial charge is 0.129 e. The van der Waals surface area contributed by atoms with Gasteiger partial charge in [-0.05, 0) is 30.8 Å². The first-order valence-electron chi connectivity index (χ1n) is 5.86. The standard InChI is InChI=1S/C13H21N3O/c1-4-16(5-2)9-10-6-7-12(17-3)11(8-10)13(14)15/h6-8H,4-5,9H2,1-3H3,(H3,14,15). The van der Waals surface area contributed by atoms with Gasteiger partial charge in [-0.25, -0.2) is 0 Å². The molecule has 0 spiro atoms. The SMILES string of the molecule is CCN(CC)Cc1ccc(OC)c(C(=N)N)c1. The molecule has 1 aromatic carbocycles. The van der Waals surface area contributed by atoms with E-state index in [1.807, 2.05) is 18.2 Å². The summed E-state index contributed by atoms with van der Waals surface area (Å²) < 4.78 is 5.18. The predicted molar refractivity (Wildman–Crippen MR) is 70.6 cm³/mol. The first-order valence-corrected chi connectivity index (χ1v) is 5.86. The maximum Gasteiger partial charge on any atom is 0.129 e. The average molecular weight is 235 g/mol. The summed E-state index contributed by atoms with van der Waals surface area (Å²) in [6.07, 6.45) is 0. The van der Waals surface area contributed by atoms with E-state index in [-0.39, 0.29) is 5.84 Å². The summed E-state index contributed by atoms with van der Waals surface area (Å²) in [4.78, 5) is 2.31. The Balaban J connectivity index is 2.95. The van der Waals surface area contributed by atoms with Crippen LogP contribution in [0.15, 0.2) is 18.2 Å². The number of nitrogens with one attached hydrogen (secondary N) is 1. The number of rotatable bonds is 6. The van der Waals surface area contributed by atoms with Crippen LogP contribution in [0.2, 0.25) is 0 Å². The molecule has 4 nitrogen and oxygen atoms in total. The molecule has 4 heteroatoms. The van der Waals surface area contributed by atoms with Gasteiger partial charge >= 0.3 is 0 Å². The van der Waals surface area contributed by atoms with Gasteiger partial charge in [-0.15, -0.1) is 0 Å². The van der Waals surface area contributed by atoms with E-state index in [9.17, 15) is 0 Å². The number of amidine groups is 1. The Hall–Kier alpha value is -1.55. The summed E-state index contributed by atoms with van der Waals surface area (Å²) in [6, 6.07) is 5.82. The van der Waals surface area contributed by atoms with Crippen LogP contribution in [0.1, 0.15) is 25.0 Å². The average Bonchev–Trinajstić information content (AvgIpc) is 2.35. The van der Waals surface area contributed by atoms with Crippen LogP contribution in [-0.4, -0.2) is 30.9 Å². The fourth-order valence-corrected chi connectivity index (χ4v) is 1.77. The van der Waals surface area contributed by atoms with Gasteiger partial charge in [0.1, 0.15) is 11.6 Å². The fourth-order valence-electron chi connectivity index (χ4n) is 1.77. The van der Waals surface area contributed by atoms with Gasteiger partial charge in [0.15, 0.2) is 0 Å². The Morgan fingerprint density at radius 3 is 2.47 bits per heavy atom. The highest BCUT2D eigenvalue weighted by atomic mass is 16.5. The number of hydrogen-bond acceptors (Lipinski definition) is 3. The minimum Gasteiger partial charge on any atom is -0.496 e. The second-order valence-corrected chi connectivity index (χ2v) is 3.91. The van der Waals surface area contributed by atoms with E-state index >= 15 is 0 Å². The van der Waals surface area contributed by atoms with Gasteiger partial charge in [0.25, 0.3) is 0 Å². The number of methoxy groups -OCH3 is 1. The Morgan fingerprint density at radius 1 is 1.35 bits per heavy atom. The van der Waals surface area contributed by atoms with Crippen molar-refractivity contribution in [2.45, 2.75) is 20.4 Å². The fraction of sp³-hybridized carbons (Fsp3) is 0.462. The van der Waals surface area contributed by atoms with E-state index in [2.05, 4.69) is 18.7 Å². The van der Waals surface area contributed by atoms with Gasteiger partial charge in [-0.2, -0.15) is 0 Å². The lowest BCUT2D eigenvalue weighted by molar-refractivity contribution is 0.295. The molecule has 0 aliphatic heterocycles. The number of nitrogens with zero attached hydrogens (tertiary/aromatic N) is 1. The highest BCUT2D eigenvalue weighted by Crippen LogP contribution is 2.20. The van der Waals surface area contributed by atoms with Crippen molar-refractivity contribution in [1.82, 2.24) is 4.90 Å². The van der Waals surface area contributed by atoms with Crippen molar-refractivity contribution in [1.29, 1.82) is 5.41 Å². The van der Waals surface area contributed by atoms with Crippen LogP contribution >= 0.6 is 0 Å². The summed E-state index contributed by atoms with van der Waals surface area (Å²) in [5.41, 5.74) is 7.36. The molecule has 0 aliphatic carbocycles. The molecule has 0 aromatic heterocycles. The van der Waals surface area contributed by atoms with Crippen LogP contribution in [0.4, 0.5) is 0 Å². The zero-order valence-corrected chi connectivity index (χ0v) is 10.8. The summed E-state index contributed by atoms with van der Waals surface area (Å²) >= 11 is 0. The van der Waals surface area contributed by atoms with Crippen molar-refractivity contribution in [2.24, 2.45) is 5.73 Å². The zero-order chi connectivity index (χ0) is 12.8. The molecule has 0 aliphatic rings. The third-order valence-electron chi connectivity index (χ3n) is 2.85. The van der Waals surface area contributed by atoms with Gasteiger partial charge in [-0.3, -0.25) is 10.3 Å². The van der Waals surface area contributed by atoms with Crippen molar-refractivity contribution in [3.05, 3.63) is 29.3 Å². The van der Waals surface area contributed by atoms with E-state index in [0.717, 1.165) is 25.2 Å². The number of benzene rings is 1. The van der Waals surface area contributed by atoms with Gasteiger partial charge in [0.05, 0.1) is 12.7 Å². The van der Waals surface area contributed by atoms with Crippen LogP contribution in [0, 0.1) is 5.41 Å². The molecule has 0 bridgehead atoms. The highest BCUT2D eigenvalue weighted by Gasteiger charge is 2.08. The maximum atomic E-state index is 7.53. The van der Waals surface area contributed by atoms with Crippen LogP contribution in [0.3, 0.4) is 0 Å². The molecule has 0 saturated carbocycles. The van der Waals surface area contributed by atoms with Gasteiger partial charge in [-0.1, -0.05) is 19.9 Å². The Morgan fingerprint density at radius 2 is 2.00 bits per heavy atom. The lowest BCUT2D eigenvalue weighted by Gasteiger charge is -2.19. The predicted octanol–water partition coefficient (Wildman–Crippen LogP) is 1.82. The lowest BCUT2D eigenvalue weighted by atomic mass is 10.1. The normalized spacial score (nSPS) is 10.6. The van der Waals surface area contributed by atoms with Gasteiger partial charge in [0, 0.05) is 6.54 Å². The van der Waals surface area contributed by atoms with E-state index in [1.165, 1.54) is 0 Å². The van der Waals surface area contributed by atoms with Crippen LogP contribution in [0.25, 0.3) is 0 Å². The minimum absolute atomic E-state index is 0.0447. The van der Waals surface area contributed by atoms with E-state index < -0.39 is 0 Å². The van der Waals surface area contributed by atoms with Crippen molar-refractivity contribution >= 4 is 5.84 Å². The van der Waals surface area contributed by atoms with Gasteiger partial charge < -0.3 is 10.5 Å². The first-order chi connectivity index (χ1) is 8.12. The Labute approximate surface area is 103 Å². The summed E-state index contributed by atoms with van der Waals surface area (Å²) in [7, 11) is 1.59. The highest BCUT2D eigenvalue weighted by molar-refractivity contribution is 5.97. The molecule has 0 atom stereocenters. The quantitative estimate of drug-likeness (QED) is 0.584. The molecular formula is C13H21N3O. The second kappa shape index (κ2) is 6.25. The first kappa shape index (κ1) is 13.5. The molecule has 0 amide bonds. The number of nitrogen functional groups attached to an aromatic ring is 1. The maximum absolute atomic E-state index is 7.53. The summed E-state index contributed by atoms with van der Waals surface area (Å²) in [6.45, 7) is 7.17. The van der Waals surface area contributed by atoms with E-state index in [4.69, 9.17) is 15.9 Å². The molecule has 0 saturated heterocycles. The Kier molecular flexibility index (Phi) is 4.97. The zero-order valence-electron chi connectivity index (χ0n) is 10.8. The van der Waals surface area contributed by atoms with E-state index in [0.29, 0.717) is 11.3 Å². The van der Waals surface area contributed by atoms with Crippen LogP contribution < -0.4 is 10.5 Å². The largest absolute Gasteiger partial charge is 0.496 e. The molecule has 0 radical (unpaired) electrons. The third-order valence-corrected chi connectivity index (χ3v) is 2.85. The molecule has 1 aromatic rings. The molecule has 94 valence electrons. The van der Waals surface area contributed by atoms with Gasteiger partial charge in [0.2, 0.25) is 0 Å². The van der Waals surface area contributed by atoms with Crippen molar-refractivity contribution < 1.29 is 4.74 Å².